The van der Waals surface area contributed by atoms with Crippen LogP contribution in [0, 0.1) is 0 Å². The minimum Gasteiger partial charge on any atom is -0.477 e. The highest BCUT2D eigenvalue weighted by atomic mass is 16.5. The number of nitrogens with zero attached hydrogens (tertiary/aromatic N) is 2. The van der Waals surface area contributed by atoms with Crippen LogP contribution in [0.4, 0.5) is 5.69 Å². The van der Waals surface area contributed by atoms with Gasteiger partial charge in [-0.15, -0.1) is 0 Å². The first-order valence-corrected chi connectivity index (χ1v) is 4.57. The van der Waals surface area contributed by atoms with Gasteiger partial charge in [-0.05, 0) is 12.1 Å². The third-order valence-electron chi connectivity index (χ3n) is 1.93. The summed E-state index contributed by atoms with van der Waals surface area (Å²) in [5, 5.41) is 14.6. The molecule has 0 atom stereocenters. The van der Waals surface area contributed by atoms with Crippen molar-refractivity contribution in [1.82, 2.24) is 10.1 Å². The number of pyridine rings is 1. The van der Waals surface area contributed by atoms with Crippen molar-refractivity contribution in [1.29, 1.82) is 0 Å². The fourth-order valence-corrected chi connectivity index (χ4v) is 1.12. The number of carbonyl (C=O) groups is 2. The van der Waals surface area contributed by atoms with Gasteiger partial charge in [-0.25, -0.2) is 9.78 Å². The third kappa shape index (κ3) is 2.46. The van der Waals surface area contributed by atoms with Crippen LogP contribution in [0.3, 0.4) is 0 Å². The minimum absolute atomic E-state index is 0.119. The summed E-state index contributed by atoms with van der Waals surface area (Å²) in [6.07, 6.45) is 3.81. The zero-order valence-electron chi connectivity index (χ0n) is 8.45. The maximum Gasteiger partial charge on any atom is 0.354 e. The van der Waals surface area contributed by atoms with Crippen LogP contribution in [0.1, 0.15) is 20.8 Å². The van der Waals surface area contributed by atoms with Crippen LogP contribution in [-0.2, 0) is 0 Å². The summed E-state index contributed by atoms with van der Waals surface area (Å²) in [4.78, 5) is 25.8. The molecule has 86 valence electrons. The lowest BCUT2D eigenvalue weighted by Crippen LogP contribution is -2.12. The topological polar surface area (TPSA) is 105 Å². The number of carboxylic acid groups (broad SMARTS) is 1. The molecule has 7 heteroatoms. The highest BCUT2D eigenvalue weighted by Crippen LogP contribution is 2.07. The van der Waals surface area contributed by atoms with Gasteiger partial charge in [0.25, 0.3) is 5.91 Å². The van der Waals surface area contributed by atoms with Crippen molar-refractivity contribution < 1.29 is 19.2 Å². The number of hydrogen-bond donors (Lipinski definition) is 2. The van der Waals surface area contributed by atoms with E-state index in [-0.39, 0.29) is 11.3 Å². The Bertz CT molecular complexity index is 533. The fourth-order valence-electron chi connectivity index (χ4n) is 1.12. The zero-order valence-corrected chi connectivity index (χ0v) is 8.45. The van der Waals surface area contributed by atoms with E-state index in [9.17, 15) is 9.59 Å². The van der Waals surface area contributed by atoms with Crippen LogP contribution in [0.15, 0.2) is 35.3 Å². The Morgan fingerprint density at radius 3 is 2.65 bits per heavy atom. The molecular formula is C10H7N3O4. The van der Waals surface area contributed by atoms with E-state index in [4.69, 9.17) is 5.11 Å². The number of aromatic nitrogens is 2. The summed E-state index contributed by atoms with van der Waals surface area (Å²) in [6.45, 7) is 0. The average molecular weight is 233 g/mol. The van der Waals surface area contributed by atoms with Crippen molar-refractivity contribution >= 4 is 17.6 Å². The number of amides is 1. The fraction of sp³-hybridized carbons (Fsp3) is 0. The first kappa shape index (κ1) is 10.8. The van der Waals surface area contributed by atoms with Crippen molar-refractivity contribution in [2.75, 3.05) is 5.32 Å². The standard InChI is InChI=1S/C10H7N3O4/c14-9(13-7-4-12-17-5-7)6-1-2-8(10(15)16)11-3-6/h1-5H,(H,13,14)(H,15,16). The van der Waals surface area contributed by atoms with Crippen LogP contribution >= 0.6 is 0 Å². The lowest BCUT2D eigenvalue weighted by molar-refractivity contribution is 0.0690. The van der Waals surface area contributed by atoms with E-state index in [0.29, 0.717) is 5.69 Å². The molecule has 0 spiro atoms. The molecule has 17 heavy (non-hydrogen) atoms. The molecule has 1 amide bonds. The number of nitrogens with one attached hydrogen (secondary N) is 1. The second-order valence-electron chi connectivity index (χ2n) is 3.10. The molecule has 0 bridgehead atoms. The van der Waals surface area contributed by atoms with E-state index in [1.807, 2.05) is 0 Å². The van der Waals surface area contributed by atoms with Crippen LogP contribution in [0.2, 0.25) is 0 Å². The summed E-state index contributed by atoms with van der Waals surface area (Å²) >= 11 is 0. The highest BCUT2D eigenvalue weighted by molar-refractivity contribution is 6.04. The van der Waals surface area contributed by atoms with Gasteiger partial charge < -0.3 is 14.9 Å². The number of hydrogen-bond acceptors (Lipinski definition) is 5. The molecule has 2 aromatic heterocycles. The molecule has 0 aliphatic rings. The maximum absolute atomic E-state index is 11.6. The van der Waals surface area contributed by atoms with E-state index < -0.39 is 11.9 Å². The highest BCUT2D eigenvalue weighted by Gasteiger charge is 2.09. The van der Waals surface area contributed by atoms with Gasteiger partial charge in [0, 0.05) is 6.20 Å². The van der Waals surface area contributed by atoms with E-state index in [1.54, 1.807) is 0 Å². The number of anilines is 1. The Balaban J connectivity index is 2.12. The van der Waals surface area contributed by atoms with Crippen molar-refractivity contribution in [2.24, 2.45) is 0 Å². The molecule has 7 nitrogen and oxygen atoms in total. The van der Waals surface area contributed by atoms with E-state index >= 15 is 0 Å². The number of carboxylic acids is 1. The van der Waals surface area contributed by atoms with Gasteiger partial charge in [-0.2, -0.15) is 0 Å². The Hall–Kier alpha value is -2.70. The summed E-state index contributed by atoms with van der Waals surface area (Å²) in [7, 11) is 0. The second-order valence-corrected chi connectivity index (χ2v) is 3.10. The van der Waals surface area contributed by atoms with Gasteiger partial charge in [0.05, 0.1) is 11.8 Å². The van der Waals surface area contributed by atoms with Crippen molar-refractivity contribution in [2.45, 2.75) is 0 Å². The monoisotopic (exact) mass is 233 g/mol. The molecule has 2 aromatic rings. The lowest BCUT2D eigenvalue weighted by Gasteiger charge is -2.01. The molecule has 2 rings (SSSR count). The minimum atomic E-state index is -1.14. The summed E-state index contributed by atoms with van der Waals surface area (Å²) in [6, 6.07) is 2.63. The molecule has 0 saturated heterocycles. The van der Waals surface area contributed by atoms with Gasteiger partial charge in [-0.3, -0.25) is 4.79 Å². The molecule has 0 fully saturated rings. The molecule has 2 N–H and O–H groups in total. The van der Waals surface area contributed by atoms with Gasteiger partial charge in [0.1, 0.15) is 17.6 Å². The SMILES string of the molecule is O=C(Nc1cnoc1)c1ccc(C(=O)O)nc1. The largest absolute Gasteiger partial charge is 0.477 e. The van der Waals surface area contributed by atoms with Crippen LogP contribution in [0.5, 0.6) is 0 Å². The number of rotatable bonds is 3. The normalized spacial score (nSPS) is 9.88. The van der Waals surface area contributed by atoms with Crippen LogP contribution in [-0.4, -0.2) is 27.1 Å². The Kier molecular flexibility index (Phi) is 2.82. The van der Waals surface area contributed by atoms with E-state index in [2.05, 4.69) is 20.0 Å². The molecule has 0 aliphatic heterocycles. The quantitative estimate of drug-likeness (QED) is 0.819. The zero-order chi connectivity index (χ0) is 12.3. The van der Waals surface area contributed by atoms with Crippen molar-refractivity contribution in [3.8, 4) is 0 Å². The summed E-state index contributed by atoms with van der Waals surface area (Å²) in [5.41, 5.74) is 0.542. The number of carbonyl (C=O) groups excluding carboxylic acids is 1. The van der Waals surface area contributed by atoms with Gasteiger partial charge in [0.15, 0.2) is 0 Å². The molecule has 2 heterocycles. The Labute approximate surface area is 95.1 Å². The predicted octanol–water partition coefficient (Wildman–Crippen LogP) is 1.02. The smallest absolute Gasteiger partial charge is 0.354 e. The molecule has 0 aromatic carbocycles. The first-order chi connectivity index (χ1) is 8.16. The summed E-state index contributed by atoms with van der Waals surface area (Å²) < 4.78 is 4.54. The lowest BCUT2D eigenvalue weighted by atomic mass is 10.2. The van der Waals surface area contributed by atoms with Crippen molar-refractivity contribution in [3.63, 3.8) is 0 Å². The molecule has 0 saturated carbocycles. The first-order valence-electron chi connectivity index (χ1n) is 4.57. The average Bonchev–Trinajstić information content (AvgIpc) is 2.82. The van der Waals surface area contributed by atoms with Gasteiger partial charge in [-0.1, -0.05) is 5.16 Å². The molecule has 0 aliphatic carbocycles. The van der Waals surface area contributed by atoms with E-state index in [1.165, 1.54) is 30.8 Å². The molecule has 0 unspecified atom stereocenters. The van der Waals surface area contributed by atoms with Crippen molar-refractivity contribution in [3.05, 3.63) is 42.0 Å². The van der Waals surface area contributed by atoms with Crippen LogP contribution < -0.4 is 5.32 Å². The number of aromatic carboxylic acids is 1. The Morgan fingerprint density at radius 2 is 2.12 bits per heavy atom. The Morgan fingerprint density at radius 1 is 1.29 bits per heavy atom. The van der Waals surface area contributed by atoms with Gasteiger partial charge in [0.2, 0.25) is 0 Å². The maximum atomic E-state index is 11.6. The molecular weight excluding hydrogens is 226 g/mol. The predicted molar refractivity (Wildman–Crippen MR) is 55.7 cm³/mol. The molecule has 0 radical (unpaired) electrons. The van der Waals surface area contributed by atoms with E-state index in [0.717, 1.165) is 0 Å². The van der Waals surface area contributed by atoms with Gasteiger partial charge >= 0.3 is 5.97 Å². The second kappa shape index (κ2) is 4.44. The third-order valence-corrected chi connectivity index (χ3v) is 1.93. The van der Waals surface area contributed by atoms with Crippen LogP contribution in [0.25, 0.3) is 0 Å². The summed E-state index contributed by atoms with van der Waals surface area (Å²) in [5.74, 6) is -1.56.